The van der Waals surface area contributed by atoms with Gasteiger partial charge in [0.05, 0.1) is 12.7 Å². The summed E-state index contributed by atoms with van der Waals surface area (Å²) in [5.74, 6) is -0.569. The van der Waals surface area contributed by atoms with E-state index in [4.69, 9.17) is 0 Å². The lowest BCUT2D eigenvalue weighted by Crippen LogP contribution is -2.17. The van der Waals surface area contributed by atoms with Crippen LogP contribution in [-0.4, -0.2) is 28.5 Å². The van der Waals surface area contributed by atoms with Gasteiger partial charge in [-0.2, -0.15) is 0 Å². The molecule has 0 saturated heterocycles. The number of aryl methyl sites for hydroxylation is 1. The van der Waals surface area contributed by atoms with E-state index in [2.05, 4.69) is 15.0 Å². The number of hydrogen-bond acceptors (Lipinski definition) is 5. The number of anilines is 1. The molecular weight excluding hydrogens is 254 g/mol. The summed E-state index contributed by atoms with van der Waals surface area (Å²) >= 11 is 1.25. The molecule has 94 valence electrons. The maximum Gasteiger partial charge on any atom is 0.340 e. The maximum atomic E-state index is 11.9. The first kappa shape index (κ1) is 12.3. The molecule has 7 heteroatoms. The second-order valence-electron chi connectivity index (χ2n) is 3.47. The first-order valence-electron chi connectivity index (χ1n) is 5.08. The Bertz CT molecular complexity index is 588. The summed E-state index contributed by atoms with van der Waals surface area (Å²) in [6.45, 7) is 0. The first-order chi connectivity index (χ1) is 8.63. The fourth-order valence-corrected chi connectivity index (χ4v) is 2.19. The average Bonchev–Trinajstić information content (AvgIpc) is 2.97. The predicted octanol–water partition coefficient (Wildman–Crippen LogP) is 1.52. The van der Waals surface area contributed by atoms with Crippen LogP contribution in [0.25, 0.3) is 0 Å². The summed E-state index contributed by atoms with van der Waals surface area (Å²) in [6.07, 6.45) is 3.20. The molecule has 0 atom stereocenters. The number of carbonyl (C=O) groups excluding carboxylic acids is 2. The SMILES string of the molecule is COC(=O)c1ccsc1NC(=O)c1nccn1C. The van der Waals surface area contributed by atoms with Gasteiger partial charge in [0.15, 0.2) is 5.82 Å². The summed E-state index contributed by atoms with van der Waals surface area (Å²) < 4.78 is 6.22. The molecule has 6 nitrogen and oxygen atoms in total. The van der Waals surface area contributed by atoms with E-state index in [-0.39, 0.29) is 11.7 Å². The minimum absolute atomic E-state index is 0.277. The van der Waals surface area contributed by atoms with Gasteiger partial charge in [0.2, 0.25) is 0 Å². The predicted molar refractivity (Wildman–Crippen MR) is 66.8 cm³/mol. The van der Waals surface area contributed by atoms with E-state index in [9.17, 15) is 9.59 Å². The molecule has 18 heavy (non-hydrogen) atoms. The lowest BCUT2D eigenvalue weighted by atomic mass is 10.3. The fourth-order valence-electron chi connectivity index (χ4n) is 1.42. The second-order valence-corrected chi connectivity index (χ2v) is 4.39. The van der Waals surface area contributed by atoms with E-state index < -0.39 is 5.97 Å². The molecule has 0 aliphatic carbocycles. The van der Waals surface area contributed by atoms with E-state index >= 15 is 0 Å². The standard InChI is InChI=1S/C11H11N3O3S/c1-14-5-4-12-8(14)9(15)13-10-7(3-6-18-10)11(16)17-2/h3-6H,1-2H3,(H,13,15). The highest BCUT2D eigenvalue weighted by molar-refractivity contribution is 7.14. The van der Waals surface area contributed by atoms with E-state index in [0.717, 1.165) is 0 Å². The van der Waals surface area contributed by atoms with Crippen molar-refractivity contribution in [2.45, 2.75) is 0 Å². The number of amides is 1. The zero-order valence-electron chi connectivity index (χ0n) is 9.84. The van der Waals surface area contributed by atoms with Crippen LogP contribution in [0.4, 0.5) is 5.00 Å². The molecule has 1 N–H and O–H groups in total. The highest BCUT2D eigenvalue weighted by Crippen LogP contribution is 2.24. The minimum atomic E-state index is -0.480. The number of methoxy groups -OCH3 is 1. The smallest absolute Gasteiger partial charge is 0.340 e. The summed E-state index contributed by atoms with van der Waals surface area (Å²) in [7, 11) is 3.02. The number of nitrogens with one attached hydrogen (secondary N) is 1. The molecular formula is C11H11N3O3S. The topological polar surface area (TPSA) is 73.2 Å². The molecule has 0 fully saturated rings. The van der Waals surface area contributed by atoms with Crippen molar-refractivity contribution in [1.82, 2.24) is 9.55 Å². The van der Waals surface area contributed by atoms with Crippen molar-refractivity contribution in [2.24, 2.45) is 7.05 Å². The number of hydrogen-bond donors (Lipinski definition) is 1. The molecule has 0 bridgehead atoms. The van der Waals surface area contributed by atoms with E-state index in [1.165, 1.54) is 24.6 Å². The van der Waals surface area contributed by atoms with Gasteiger partial charge in [-0.1, -0.05) is 0 Å². The van der Waals surface area contributed by atoms with Gasteiger partial charge < -0.3 is 14.6 Å². The van der Waals surface area contributed by atoms with Crippen molar-refractivity contribution in [3.05, 3.63) is 35.2 Å². The van der Waals surface area contributed by atoms with Gasteiger partial charge in [0, 0.05) is 19.4 Å². The second kappa shape index (κ2) is 5.01. The average molecular weight is 265 g/mol. The van der Waals surface area contributed by atoms with Crippen molar-refractivity contribution < 1.29 is 14.3 Å². The Hall–Kier alpha value is -2.15. The largest absolute Gasteiger partial charge is 0.465 e. The summed E-state index contributed by atoms with van der Waals surface area (Å²) in [6, 6.07) is 1.60. The molecule has 2 aromatic heterocycles. The summed E-state index contributed by atoms with van der Waals surface area (Å²) in [4.78, 5) is 27.3. The van der Waals surface area contributed by atoms with Crippen LogP contribution in [0.2, 0.25) is 0 Å². The van der Waals surface area contributed by atoms with Gasteiger partial charge in [-0.15, -0.1) is 11.3 Å². The molecule has 0 radical (unpaired) electrons. The van der Waals surface area contributed by atoms with Crippen LogP contribution in [0.15, 0.2) is 23.8 Å². The normalized spacial score (nSPS) is 10.1. The number of imidazole rings is 1. The van der Waals surface area contributed by atoms with Crippen LogP contribution in [0.3, 0.4) is 0 Å². The van der Waals surface area contributed by atoms with E-state index in [0.29, 0.717) is 10.6 Å². The van der Waals surface area contributed by atoms with Gasteiger partial charge >= 0.3 is 5.97 Å². The first-order valence-corrected chi connectivity index (χ1v) is 5.96. The number of ether oxygens (including phenoxy) is 1. The zero-order valence-corrected chi connectivity index (χ0v) is 10.7. The van der Waals surface area contributed by atoms with Crippen LogP contribution >= 0.6 is 11.3 Å². The summed E-state index contributed by atoms with van der Waals surface area (Å²) in [5.41, 5.74) is 0.338. The fraction of sp³-hybridized carbons (Fsp3) is 0.182. The van der Waals surface area contributed by atoms with Crippen molar-refractivity contribution >= 4 is 28.2 Å². The van der Waals surface area contributed by atoms with Crippen LogP contribution in [0.5, 0.6) is 0 Å². The quantitative estimate of drug-likeness (QED) is 0.854. The van der Waals surface area contributed by atoms with Crippen LogP contribution in [-0.2, 0) is 11.8 Å². The number of aromatic nitrogens is 2. The molecule has 2 aromatic rings. The molecule has 0 aliphatic rings. The van der Waals surface area contributed by atoms with Crippen molar-refractivity contribution in [2.75, 3.05) is 12.4 Å². The maximum absolute atomic E-state index is 11.9. The molecule has 0 spiro atoms. The molecule has 2 rings (SSSR count). The summed E-state index contributed by atoms with van der Waals surface area (Å²) in [5, 5.41) is 4.81. The number of rotatable bonds is 3. The molecule has 0 aliphatic heterocycles. The van der Waals surface area contributed by atoms with Crippen molar-refractivity contribution in [1.29, 1.82) is 0 Å². The lowest BCUT2D eigenvalue weighted by Gasteiger charge is -2.04. The number of esters is 1. The Morgan fingerprint density at radius 1 is 1.50 bits per heavy atom. The van der Waals surface area contributed by atoms with E-state index in [1.54, 1.807) is 29.3 Å². The minimum Gasteiger partial charge on any atom is -0.465 e. The third-order valence-electron chi connectivity index (χ3n) is 2.32. The van der Waals surface area contributed by atoms with E-state index in [1.807, 2.05) is 0 Å². The van der Waals surface area contributed by atoms with Crippen LogP contribution in [0.1, 0.15) is 21.0 Å². The van der Waals surface area contributed by atoms with Gasteiger partial charge in [0.25, 0.3) is 5.91 Å². The van der Waals surface area contributed by atoms with Gasteiger partial charge in [-0.3, -0.25) is 4.79 Å². The van der Waals surface area contributed by atoms with Crippen molar-refractivity contribution in [3.63, 3.8) is 0 Å². The number of carbonyl (C=O) groups is 2. The highest BCUT2D eigenvalue weighted by atomic mass is 32.1. The Morgan fingerprint density at radius 3 is 2.89 bits per heavy atom. The molecule has 0 aromatic carbocycles. The van der Waals surface area contributed by atoms with Gasteiger partial charge in [-0.25, -0.2) is 9.78 Å². The number of nitrogens with zero attached hydrogens (tertiary/aromatic N) is 2. The Kier molecular flexibility index (Phi) is 3.42. The highest BCUT2D eigenvalue weighted by Gasteiger charge is 2.17. The molecule has 0 unspecified atom stereocenters. The van der Waals surface area contributed by atoms with Gasteiger partial charge in [-0.05, 0) is 11.4 Å². The Labute approximate surface area is 107 Å². The third-order valence-corrected chi connectivity index (χ3v) is 3.15. The molecule has 0 saturated carbocycles. The number of thiophene rings is 1. The Balaban J connectivity index is 2.20. The Morgan fingerprint density at radius 2 is 2.28 bits per heavy atom. The van der Waals surface area contributed by atoms with Crippen LogP contribution in [0, 0.1) is 0 Å². The lowest BCUT2D eigenvalue weighted by molar-refractivity contribution is 0.0602. The zero-order chi connectivity index (χ0) is 13.1. The van der Waals surface area contributed by atoms with Crippen molar-refractivity contribution in [3.8, 4) is 0 Å². The van der Waals surface area contributed by atoms with Gasteiger partial charge in [0.1, 0.15) is 5.00 Å². The third kappa shape index (κ3) is 2.25. The molecule has 2 heterocycles. The monoisotopic (exact) mass is 265 g/mol. The molecule has 1 amide bonds. The van der Waals surface area contributed by atoms with Crippen LogP contribution < -0.4 is 5.32 Å².